The predicted octanol–water partition coefficient (Wildman–Crippen LogP) is 3.40. The lowest BCUT2D eigenvalue weighted by Crippen LogP contribution is -2.13. The molecule has 2 aromatic carbocycles. The number of non-ortho nitro benzene ring substituents is 1. The molecular weight excluding hydrogens is 252 g/mol. The highest BCUT2D eigenvalue weighted by Gasteiger charge is 2.09. The van der Waals surface area contributed by atoms with Crippen LogP contribution in [-0.4, -0.2) is 4.92 Å². The topological polar surface area (TPSA) is 69.2 Å². The highest BCUT2D eigenvalue weighted by molar-refractivity contribution is 5.34. The Morgan fingerprint density at radius 2 is 1.60 bits per heavy atom. The summed E-state index contributed by atoms with van der Waals surface area (Å²) in [6.07, 6.45) is 1.68. The van der Waals surface area contributed by atoms with Gasteiger partial charge in [-0.2, -0.15) is 0 Å². The van der Waals surface area contributed by atoms with Crippen molar-refractivity contribution in [2.75, 3.05) is 0 Å². The molecule has 1 atom stereocenters. The highest BCUT2D eigenvalue weighted by atomic mass is 16.6. The Bertz CT molecular complexity index is 576. The molecule has 4 nitrogen and oxygen atoms in total. The molecule has 0 amide bonds. The Hall–Kier alpha value is -2.20. The quantitative estimate of drug-likeness (QED) is 0.668. The van der Waals surface area contributed by atoms with E-state index < -0.39 is 4.92 Å². The van der Waals surface area contributed by atoms with E-state index in [9.17, 15) is 10.1 Å². The van der Waals surface area contributed by atoms with E-state index in [1.165, 1.54) is 17.7 Å². The maximum atomic E-state index is 10.6. The first-order valence-electron chi connectivity index (χ1n) is 6.68. The molecule has 2 aromatic rings. The van der Waals surface area contributed by atoms with E-state index in [-0.39, 0.29) is 11.7 Å². The second kappa shape index (κ2) is 6.30. The van der Waals surface area contributed by atoms with Crippen LogP contribution in [-0.2, 0) is 12.8 Å². The Labute approximate surface area is 118 Å². The van der Waals surface area contributed by atoms with Gasteiger partial charge in [0.1, 0.15) is 0 Å². The summed E-state index contributed by atoms with van der Waals surface area (Å²) in [7, 11) is 0. The SMILES string of the molecule is CCc1ccc(C(N)Cc2ccc([N+](=O)[O-])cc2)cc1. The zero-order valence-electron chi connectivity index (χ0n) is 11.5. The van der Waals surface area contributed by atoms with Crippen LogP contribution in [0.5, 0.6) is 0 Å². The monoisotopic (exact) mass is 270 g/mol. The molecule has 104 valence electrons. The summed E-state index contributed by atoms with van der Waals surface area (Å²) in [5.74, 6) is 0. The summed E-state index contributed by atoms with van der Waals surface area (Å²) in [6.45, 7) is 2.12. The first-order valence-corrected chi connectivity index (χ1v) is 6.68. The van der Waals surface area contributed by atoms with Crippen molar-refractivity contribution in [2.45, 2.75) is 25.8 Å². The van der Waals surface area contributed by atoms with Crippen molar-refractivity contribution < 1.29 is 4.92 Å². The summed E-state index contributed by atoms with van der Waals surface area (Å²) in [5, 5.41) is 10.6. The zero-order chi connectivity index (χ0) is 14.5. The molecule has 4 heteroatoms. The molecule has 0 aliphatic rings. The van der Waals surface area contributed by atoms with Crippen LogP contribution in [0.15, 0.2) is 48.5 Å². The van der Waals surface area contributed by atoms with E-state index in [4.69, 9.17) is 5.73 Å². The van der Waals surface area contributed by atoms with Gasteiger partial charge in [0, 0.05) is 18.2 Å². The van der Waals surface area contributed by atoms with Crippen LogP contribution in [0.3, 0.4) is 0 Å². The van der Waals surface area contributed by atoms with E-state index in [0.717, 1.165) is 17.5 Å². The second-order valence-electron chi connectivity index (χ2n) is 4.83. The summed E-state index contributed by atoms with van der Waals surface area (Å²) < 4.78 is 0. The average Bonchev–Trinajstić information content (AvgIpc) is 2.48. The fourth-order valence-corrected chi connectivity index (χ4v) is 2.13. The lowest BCUT2D eigenvalue weighted by Gasteiger charge is -2.12. The number of hydrogen-bond donors (Lipinski definition) is 1. The van der Waals surface area contributed by atoms with E-state index in [1.807, 2.05) is 0 Å². The molecule has 2 rings (SSSR count). The maximum Gasteiger partial charge on any atom is 0.269 e. The van der Waals surface area contributed by atoms with Gasteiger partial charge in [-0.15, -0.1) is 0 Å². The maximum absolute atomic E-state index is 10.6. The molecule has 0 aliphatic heterocycles. The van der Waals surface area contributed by atoms with Crippen molar-refractivity contribution in [2.24, 2.45) is 5.73 Å². The van der Waals surface area contributed by atoms with Gasteiger partial charge in [0.05, 0.1) is 4.92 Å². The molecular formula is C16H18N2O2. The van der Waals surface area contributed by atoms with Crippen molar-refractivity contribution in [3.63, 3.8) is 0 Å². The Balaban J connectivity index is 2.06. The fourth-order valence-electron chi connectivity index (χ4n) is 2.13. The molecule has 0 radical (unpaired) electrons. The average molecular weight is 270 g/mol. The smallest absolute Gasteiger partial charge is 0.269 e. The van der Waals surface area contributed by atoms with Crippen LogP contribution < -0.4 is 5.73 Å². The number of hydrogen-bond acceptors (Lipinski definition) is 3. The summed E-state index contributed by atoms with van der Waals surface area (Å²) in [6, 6.07) is 14.7. The lowest BCUT2D eigenvalue weighted by atomic mass is 9.98. The number of nitro groups is 1. The minimum absolute atomic E-state index is 0.0950. The normalized spacial score (nSPS) is 12.1. The Morgan fingerprint density at radius 3 is 2.10 bits per heavy atom. The van der Waals surface area contributed by atoms with Gasteiger partial charge in [-0.05, 0) is 29.5 Å². The molecule has 1 unspecified atom stereocenters. The van der Waals surface area contributed by atoms with Gasteiger partial charge in [0.25, 0.3) is 5.69 Å². The van der Waals surface area contributed by atoms with Crippen LogP contribution in [0.1, 0.15) is 29.7 Å². The van der Waals surface area contributed by atoms with E-state index >= 15 is 0 Å². The zero-order valence-corrected chi connectivity index (χ0v) is 11.5. The molecule has 2 N–H and O–H groups in total. The van der Waals surface area contributed by atoms with Crippen LogP contribution in [0.2, 0.25) is 0 Å². The molecule has 0 aliphatic carbocycles. The first-order chi connectivity index (χ1) is 9.60. The molecule has 0 spiro atoms. The highest BCUT2D eigenvalue weighted by Crippen LogP contribution is 2.19. The van der Waals surface area contributed by atoms with Gasteiger partial charge in [-0.3, -0.25) is 10.1 Å². The van der Waals surface area contributed by atoms with Gasteiger partial charge in [-0.1, -0.05) is 43.3 Å². The van der Waals surface area contributed by atoms with Gasteiger partial charge in [0.15, 0.2) is 0 Å². The number of rotatable bonds is 5. The van der Waals surface area contributed by atoms with Crippen LogP contribution in [0.4, 0.5) is 5.69 Å². The van der Waals surface area contributed by atoms with Crippen molar-refractivity contribution in [1.29, 1.82) is 0 Å². The molecule has 0 fully saturated rings. The van der Waals surface area contributed by atoms with Gasteiger partial charge >= 0.3 is 0 Å². The van der Waals surface area contributed by atoms with Crippen LogP contribution >= 0.6 is 0 Å². The first kappa shape index (κ1) is 14.2. The fraction of sp³-hybridized carbons (Fsp3) is 0.250. The van der Waals surface area contributed by atoms with Gasteiger partial charge in [0.2, 0.25) is 0 Å². The predicted molar refractivity (Wildman–Crippen MR) is 79.5 cm³/mol. The molecule has 0 aromatic heterocycles. The number of benzene rings is 2. The van der Waals surface area contributed by atoms with Gasteiger partial charge < -0.3 is 5.73 Å². The molecule has 0 saturated heterocycles. The number of nitrogens with zero attached hydrogens (tertiary/aromatic N) is 1. The minimum Gasteiger partial charge on any atom is -0.324 e. The van der Waals surface area contributed by atoms with Crippen molar-refractivity contribution in [1.82, 2.24) is 0 Å². The van der Waals surface area contributed by atoms with Crippen molar-refractivity contribution in [3.05, 3.63) is 75.3 Å². The molecule has 0 heterocycles. The number of nitro benzene ring substituents is 1. The third-order valence-corrected chi connectivity index (χ3v) is 3.42. The number of nitrogens with two attached hydrogens (primary N) is 1. The summed E-state index contributed by atoms with van der Waals surface area (Å²) in [5.41, 5.74) is 9.66. The Morgan fingerprint density at radius 1 is 1.05 bits per heavy atom. The molecule has 0 bridgehead atoms. The third kappa shape index (κ3) is 3.42. The number of aryl methyl sites for hydroxylation is 1. The molecule has 20 heavy (non-hydrogen) atoms. The summed E-state index contributed by atoms with van der Waals surface area (Å²) in [4.78, 5) is 10.2. The van der Waals surface area contributed by atoms with Gasteiger partial charge in [-0.25, -0.2) is 0 Å². The minimum atomic E-state index is -0.396. The van der Waals surface area contributed by atoms with Crippen molar-refractivity contribution in [3.8, 4) is 0 Å². The molecule has 0 saturated carbocycles. The van der Waals surface area contributed by atoms with E-state index in [0.29, 0.717) is 6.42 Å². The third-order valence-electron chi connectivity index (χ3n) is 3.42. The van der Waals surface area contributed by atoms with Crippen LogP contribution in [0, 0.1) is 10.1 Å². The van der Waals surface area contributed by atoms with Crippen molar-refractivity contribution >= 4 is 5.69 Å². The van der Waals surface area contributed by atoms with E-state index in [1.54, 1.807) is 12.1 Å². The van der Waals surface area contributed by atoms with E-state index in [2.05, 4.69) is 31.2 Å². The second-order valence-corrected chi connectivity index (χ2v) is 4.83. The lowest BCUT2D eigenvalue weighted by molar-refractivity contribution is -0.384. The standard InChI is InChI=1S/C16H18N2O2/c1-2-12-3-7-14(8-4-12)16(17)11-13-5-9-15(10-6-13)18(19)20/h3-10,16H,2,11,17H2,1H3. The van der Waals surface area contributed by atoms with Crippen LogP contribution in [0.25, 0.3) is 0 Å². The largest absolute Gasteiger partial charge is 0.324 e. The Kier molecular flexibility index (Phi) is 4.48. The summed E-state index contributed by atoms with van der Waals surface area (Å²) >= 11 is 0.